The normalized spacial score (nSPS) is 13.5. The van der Waals surface area contributed by atoms with Gasteiger partial charge >= 0.3 is 0 Å². The summed E-state index contributed by atoms with van der Waals surface area (Å²) in [6.07, 6.45) is 0.228. The molecule has 1 N–H and O–H groups in total. The maximum absolute atomic E-state index is 9.55. The number of aldehydes is 1. The van der Waals surface area contributed by atoms with Crippen LogP contribution in [0.15, 0.2) is 0 Å². The predicted molar refractivity (Wildman–Crippen MR) is 22.2 cm³/mol. The van der Waals surface area contributed by atoms with E-state index in [0.29, 0.717) is 6.29 Å². The number of carbonyl (C=O) groups excluding carboxylic acids is 1. The number of hydrogen-bond donors (Lipinski definition) is 1. The molecule has 0 aromatic heterocycles. The molecule has 0 amide bonds. The van der Waals surface area contributed by atoms with Gasteiger partial charge in [0.2, 0.25) is 0 Å². The van der Waals surface area contributed by atoms with Crippen molar-refractivity contribution >= 4 is 14.3 Å². The lowest BCUT2D eigenvalue weighted by Gasteiger charge is -1.74. The zero-order chi connectivity index (χ0) is 4.99. The first-order valence-electron chi connectivity index (χ1n) is 1.43. The van der Waals surface area contributed by atoms with E-state index >= 15 is 0 Å². The molecule has 0 aliphatic carbocycles. The topological polar surface area (TPSA) is 54.4 Å². The molecule has 0 spiro atoms. The SMILES string of the molecule is O=CC[PH](=O)O. The van der Waals surface area contributed by atoms with Crippen LogP contribution in [0.25, 0.3) is 0 Å². The lowest BCUT2D eigenvalue weighted by atomic mass is 10.9. The summed E-state index contributed by atoms with van der Waals surface area (Å²) in [5.74, 6) is 0. The van der Waals surface area contributed by atoms with Crippen molar-refractivity contribution in [2.45, 2.75) is 0 Å². The molecule has 0 heterocycles. The van der Waals surface area contributed by atoms with Crippen molar-refractivity contribution in [2.24, 2.45) is 0 Å². The Hall–Kier alpha value is -0.140. The first-order chi connectivity index (χ1) is 2.77. The van der Waals surface area contributed by atoms with Gasteiger partial charge in [-0.3, -0.25) is 4.57 Å². The van der Waals surface area contributed by atoms with Gasteiger partial charge < -0.3 is 9.69 Å². The monoisotopic (exact) mass is 108 g/mol. The molecule has 0 aliphatic rings. The largest absolute Gasteiger partial charge is 0.346 e. The molecule has 0 fully saturated rings. The predicted octanol–water partition coefficient (Wildman–Crippen LogP) is -0.348. The first-order valence-corrected chi connectivity index (χ1v) is 2.99. The van der Waals surface area contributed by atoms with Crippen LogP contribution in [0, 0.1) is 0 Å². The Bertz CT molecular complexity index is 69.2. The fraction of sp³-hybridized carbons (Fsp3) is 0.500. The van der Waals surface area contributed by atoms with Gasteiger partial charge in [0.25, 0.3) is 0 Å². The lowest BCUT2D eigenvalue weighted by Crippen LogP contribution is -1.72. The van der Waals surface area contributed by atoms with Gasteiger partial charge in [-0.1, -0.05) is 0 Å². The minimum Gasteiger partial charge on any atom is -0.346 e. The molecule has 0 saturated carbocycles. The van der Waals surface area contributed by atoms with E-state index < -0.39 is 8.03 Å². The smallest absolute Gasteiger partial charge is 0.196 e. The Kier molecular flexibility index (Phi) is 2.99. The highest BCUT2D eigenvalue weighted by Crippen LogP contribution is 2.07. The summed E-state index contributed by atoms with van der Waals surface area (Å²) in [5, 5.41) is 0. The second kappa shape index (κ2) is 3.07. The Balaban J connectivity index is 3.05. The molecular weight excluding hydrogens is 103 g/mol. The summed E-state index contributed by atoms with van der Waals surface area (Å²) in [6, 6.07) is 0. The second-order valence-corrected chi connectivity index (χ2v) is 1.96. The van der Waals surface area contributed by atoms with E-state index in [0.717, 1.165) is 0 Å². The van der Waals surface area contributed by atoms with Crippen molar-refractivity contribution in [2.75, 3.05) is 6.16 Å². The third kappa shape index (κ3) is 3.86. The summed E-state index contributed by atoms with van der Waals surface area (Å²) in [7, 11) is -2.50. The number of rotatable bonds is 2. The minimum absolute atomic E-state index is 0.204. The van der Waals surface area contributed by atoms with E-state index in [4.69, 9.17) is 4.89 Å². The van der Waals surface area contributed by atoms with Crippen LogP contribution in [0.3, 0.4) is 0 Å². The van der Waals surface area contributed by atoms with Gasteiger partial charge in [-0.2, -0.15) is 0 Å². The molecule has 0 aromatic carbocycles. The highest BCUT2D eigenvalue weighted by Gasteiger charge is 1.83. The Morgan fingerprint density at radius 1 is 1.83 bits per heavy atom. The minimum atomic E-state index is -2.50. The molecule has 1 unspecified atom stereocenters. The molecule has 0 bridgehead atoms. The summed E-state index contributed by atoms with van der Waals surface area (Å²) >= 11 is 0. The van der Waals surface area contributed by atoms with Crippen LogP contribution in [0.4, 0.5) is 0 Å². The van der Waals surface area contributed by atoms with Gasteiger partial charge in [-0.05, 0) is 0 Å². The van der Waals surface area contributed by atoms with E-state index in [9.17, 15) is 9.36 Å². The highest BCUT2D eigenvalue weighted by atomic mass is 31.1. The first kappa shape index (κ1) is 5.86. The Morgan fingerprint density at radius 2 is 2.33 bits per heavy atom. The average Bonchev–Trinajstić information content (AvgIpc) is 1.35. The standard InChI is InChI=1S/C2H5O3P/c3-1-2-6(4)5/h1,6H,2H2,(H,4,5). The maximum Gasteiger partial charge on any atom is 0.196 e. The van der Waals surface area contributed by atoms with Gasteiger partial charge in [0, 0.05) is 0 Å². The van der Waals surface area contributed by atoms with Gasteiger partial charge in [0.05, 0.1) is 6.16 Å². The highest BCUT2D eigenvalue weighted by molar-refractivity contribution is 7.39. The molecule has 0 saturated heterocycles. The van der Waals surface area contributed by atoms with Crippen molar-refractivity contribution in [1.29, 1.82) is 0 Å². The van der Waals surface area contributed by atoms with Crippen LogP contribution < -0.4 is 0 Å². The summed E-state index contributed by atoms with van der Waals surface area (Å²) in [5.41, 5.74) is 0. The van der Waals surface area contributed by atoms with Gasteiger partial charge in [0.15, 0.2) is 8.03 Å². The van der Waals surface area contributed by atoms with Crippen molar-refractivity contribution < 1.29 is 14.3 Å². The molecule has 0 aromatic rings. The van der Waals surface area contributed by atoms with Crippen LogP contribution in [0.5, 0.6) is 0 Å². The second-order valence-electron chi connectivity index (χ2n) is 0.765. The molecule has 0 aliphatic heterocycles. The Morgan fingerprint density at radius 3 is 2.33 bits per heavy atom. The number of carbonyl (C=O) groups is 1. The third-order valence-corrected chi connectivity index (χ3v) is 0.774. The van der Waals surface area contributed by atoms with Crippen molar-refractivity contribution in [3.63, 3.8) is 0 Å². The van der Waals surface area contributed by atoms with Gasteiger partial charge in [0.1, 0.15) is 6.29 Å². The number of hydrogen-bond acceptors (Lipinski definition) is 2. The van der Waals surface area contributed by atoms with E-state index in [1.165, 1.54) is 0 Å². The fourth-order valence-electron chi connectivity index (χ4n) is 0.0713. The van der Waals surface area contributed by atoms with Gasteiger partial charge in [-0.15, -0.1) is 0 Å². The molecule has 36 valence electrons. The van der Waals surface area contributed by atoms with Crippen LogP contribution in [0.2, 0.25) is 0 Å². The summed E-state index contributed by atoms with van der Waals surface area (Å²) in [6.45, 7) is 0. The zero-order valence-electron chi connectivity index (χ0n) is 3.05. The maximum atomic E-state index is 9.55. The van der Waals surface area contributed by atoms with Crippen molar-refractivity contribution in [1.82, 2.24) is 0 Å². The fourth-order valence-corrected chi connectivity index (χ4v) is 0.214. The summed E-state index contributed by atoms with van der Waals surface area (Å²) < 4.78 is 9.55. The van der Waals surface area contributed by atoms with Crippen molar-refractivity contribution in [3.05, 3.63) is 0 Å². The third-order valence-electron chi connectivity index (χ3n) is 0.258. The quantitative estimate of drug-likeness (QED) is 0.388. The van der Waals surface area contributed by atoms with E-state index in [1.807, 2.05) is 0 Å². The molecule has 1 atom stereocenters. The summed E-state index contributed by atoms with van der Waals surface area (Å²) in [4.78, 5) is 17.1. The molecule has 6 heavy (non-hydrogen) atoms. The average molecular weight is 108 g/mol. The van der Waals surface area contributed by atoms with Crippen molar-refractivity contribution in [3.8, 4) is 0 Å². The van der Waals surface area contributed by atoms with Crippen LogP contribution in [0.1, 0.15) is 0 Å². The van der Waals surface area contributed by atoms with Crippen LogP contribution in [-0.4, -0.2) is 17.3 Å². The van der Waals surface area contributed by atoms with Crippen LogP contribution in [-0.2, 0) is 9.36 Å². The Labute approximate surface area is 35.9 Å². The van der Waals surface area contributed by atoms with E-state index in [2.05, 4.69) is 0 Å². The zero-order valence-corrected chi connectivity index (χ0v) is 4.05. The molecular formula is C2H5O3P. The van der Waals surface area contributed by atoms with E-state index in [-0.39, 0.29) is 6.16 Å². The molecule has 0 radical (unpaired) electrons. The van der Waals surface area contributed by atoms with Gasteiger partial charge in [-0.25, -0.2) is 0 Å². The molecule has 4 heteroatoms. The lowest BCUT2D eigenvalue weighted by molar-refractivity contribution is -0.105. The molecule has 0 rings (SSSR count). The molecule has 3 nitrogen and oxygen atoms in total. The van der Waals surface area contributed by atoms with E-state index in [1.54, 1.807) is 0 Å². The van der Waals surface area contributed by atoms with Crippen LogP contribution >= 0.6 is 8.03 Å².